The third-order valence-corrected chi connectivity index (χ3v) is 5.73. The molecule has 1 spiro atoms. The summed E-state index contributed by atoms with van der Waals surface area (Å²) in [4.78, 5) is 0. The number of benzene rings is 1. The van der Waals surface area contributed by atoms with Gasteiger partial charge in [-0.1, -0.05) is 11.2 Å². The molecule has 136 valence electrons. The predicted molar refractivity (Wildman–Crippen MR) is 90.5 cm³/mol. The molecule has 2 heterocycles. The summed E-state index contributed by atoms with van der Waals surface area (Å²) < 4.78 is 18.3. The van der Waals surface area contributed by atoms with Crippen LogP contribution in [0.3, 0.4) is 0 Å². The monoisotopic (exact) mass is 358 g/mol. The van der Waals surface area contributed by atoms with Crippen LogP contribution >= 0.6 is 0 Å². The molecule has 2 aliphatic carbocycles. The van der Waals surface area contributed by atoms with Crippen LogP contribution in [-0.4, -0.2) is 40.5 Å². The number of aromatic nitrogens is 2. The number of halogens is 1. The number of nitrogens with zero attached hydrogens (tertiary/aromatic N) is 3. The van der Waals surface area contributed by atoms with Crippen molar-refractivity contribution in [2.24, 2.45) is 10.6 Å². The van der Waals surface area contributed by atoms with Crippen LogP contribution in [0, 0.1) is 11.2 Å². The molecule has 5 rings (SSSR count). The summed E-state index contributed by atoms with van der Waals surface area (Å²) in [5.74, 6) is 0.330. The Kier molecular flexibility index (Phi) is 3.39. The van der Waals surface area contributed by atoms with E-state index in [2.05, 4.69) is 31.4 Å². The van der Waals surface area contributed by atoms with Crippen LogP contribution in [0.15, 0.2) is 28.0 Å². The van der Waals surface area contributed by atoms with E-state index < -0.39 is 0 Å². The number of nitrogens with one attached hydrogen (secondary N) is 3. The van der Waals surface area contributed by atoms with Crippen LogP contribution in [0.4, 0.5) is 10.2 Å². The first-order chi connectivity index (χ1) is 12.7. The van der Waals surface area contributed by atoms with Crippen molar-refractivity contribution in [3.05, 3.63) is 40.8 Å². The third kappa shape index (κ3) is 2.42. The van der Waals surface area contributed by atoms with Crippen molar-refractivity contribution in [3.63, 3.8) is 0 Å². The van der Waals surface area contributed by atoms with Gasteiger partial charge in [0.1, 0.15) is 5.82 Å². The van der Waals surface area contributed by atoms with Gasteiger partial charge in [-0.15, -0.1) is 0 Å². The molecular weight excluding hydrogens is 339 g/mol. The number of fused-ring (bicyclic) bond motifs is 1. The maximum Gasteiger partial charge on any atom is 0.202 e. The maximum atomic E-state index is 13.4. The summed E-state index contributed by atoms with van der Waals surface area (Å²) in [6.07, 6.45) is 2.86. The van der Waals surface area contributed by atoms with E-state index in [0.29, 0.717) is 23.0 Å². The van der Waals surface area contributed by atoms with Crippen LogP contribution < -0.4 is 16.0 Å². The maximum absolute atomic E-state index is 13.4. The first-order valence-electron chi connectivity index (χ1n) is 8.73. The quantitative estimate of drug-likeness (QED) is 0.283. The van der Waals surface area contributed by atoms with Gasteiger partial charge in [-0.05, 0) is 58.3 Å². The molecule has 0 amide bonds. The number of rotatable bonds is 4. The number of oxime groups is 1. The van der Waals surface area contributed by atoms with Crippen molar-refractivity contribution >= 4 is 11.7 Å². The Bertz CT molecular complexity index is 870. The highest BCUT2D eigenvalue weighted by atomic mass is 19.1. The minimum Gasteiger partial charge on any atom is -0.409 e. The highest BCUT2D eigenvalue weighted by Gasteiger charge is 2.48. The molecule has 4 N–H and O–H groups in total. The molecular formula is C17H19FN6O2. The molecule has 9 heteroatoms. The first kappa shape index (κ1) is 15.6. The molecule has 1 aromatic heterocycles. The van der Waals surface area contributed by atoms with E-state index in [4.69, 9.17) is 4.63 Å². The van der Waals surface area contributed by atoms with Crippen molar-refractivity contribution < 1.29 is 14.2 Å². The Hall–Kier alpha value is -2.68. The van der Waals surface area contributed by atoms with E-state index in [0.717, 1.165) is 43.5 Å². The zero-order valence-electron chi connectivity index (χ0n) is 14.0. The second-order valence-electron chi connectivity index (χ2n) is 7.51. The molecule has 1 atom stereocenters. The fourth-order valence-electron chi connectivity index (χ4n) is 4.20. The average molecular weight is 358 g/mol. The summed E-state index contributed by atoms with van der Waals surface area (Å²) in [5.41, 5.74) is 2.69. The van der Waals surface area contributed by atoms with E-state index in [9.17, 15) is 9.60 Å². The van der Waals surface area contributed by atoms with Gasteiger partial charge in [-0.25, -0.2) is 9.02 Å². The van der Waals surface area contributed by atoms with Gasteiger partial charge in [-0.2, -0.15) is 0 Å². The molecule has 1 aliphatic heterocycles. The zero-order chi connectivity index (χ0) is 17.7. The minimum absolute atomic E-state index is 0.135. The van der Waals surface area contributed by atoms with Gasteiger partial charge >= 0.3 is 0 Å². The summed E-state index contributed by atoms with van der Waals surface area (Å²) in [5, 5.41) is 30.2. The van der Waals surface area contributed by atoms with Crippen molar-refractivity contribution in [3.8, 4) is 0 Å². The van der Waals surface area contributed by atoms with Gasteiger partial charge in [0.05, 0.1) is 6.04 Å². The van der Waals surface area contributed by atoms with Gasteiger partial charge in [0, 0.05) is 19.1 Å². The van der Waals surface area contributed by atoms with Crippen LogP contribution in [0.5, 0.6) is 0 Å². The number of anilines is 1. The van der Waals surface area contributed by atoms with Gasteiger partial charge in [0.2, 0.25) is 5.82 Å². The molecule has 8 nitrogen and oxygen atoms in total. The predicted octanol–water partition coefficient (Wildman–Crippen LogP) is 1.40. The Morgan fingerprint density at radius 3 is 2.92 bits per heavy atom. The SMILES string of the molecule is O/N=C(\N[C@H]1Cc2ccc(F)cc21)c1nonc1NC1CC2(CNC2)C1. The van der Waals surface area contributed by atoms with Crippen molar-refractivity contribution in [2.75, 3.05) is 18.4 Å². The fourth-order valence-corrected chi connectivity index (χ4v) is 4.20. The Labute approximate surface area is 148 Å². The highest BCUT2D eigenvalue weighted by Crippen LogP contribution is 2.45. The summed E-state index contributed by atoms with van der Waals surface area (Å²) in [6.45, 7) is 2.13. The lowest BCUT2D eigenvalue weighted by molar-refractivity contribution is 0.0468. The lowest BCUT2D eigenvalue weighted by Gasteiger charge is -2.54. The second kappa shape index (κ2) is 5.66. The van der Waals surface area contributed by atoms with Crippen molar-refractivity contribution in [1.82, 2.24) is 20.9 Å². The largest absolute Gasteiger partial charge is 0.409 e. The molecule has 2 fully saturated rings. The van der Waals surface area contributed by atoms with E-state index in [1.165, 1.54) is 12.1 Å². The summed E-state index contributed by atoms with van der Waals surface area (Å²) in [7, 11) is 0. The zero-order valence-corrected chi connectivity index (χ0v) is 14.0. The molecule has 3 aliphatic rings. The Morgan fingerprint density at radius 1 is 1.35 bits per heavy atom. The average Bonchev–Trinajstić information content (AvgIpc) is 3.00. The molecule has 0 unspecified atom stereocenters. The fraction of sp³-hybridized carbons (Fsp3) is 0.471. The lowest BCUT2D eigenvalue weighted by atomic mass is 9.62. The van der Waals surface area contributed by atoms with E-state index in [-0.39, 0.29) is 17.7 Å². The molecule has 0 radical (unpaired) electrons. The van der Waals surface area contributed by atoms with Gasteiger partial charge in [-0.3, -0.25) is 0 Å². The molecule has 1 saturated carbocycles. The van der Waals surface area contributed by atoms with Crippen molar-refractivity contribution in [1.29, 1.82) is 0 Å². The second-order valence-corrected chi connectivity index (χ2v) is 7.51. The lowest BCUT2D eigenvalue weighted by Crippen LogP contribution is -2.63. The summed E-state index contributed by atoms with van der Waals surface area (Å²) >= 11 is 0. The summed E-state index contributed by atoms with van der Waals surface area (Å²) in [6, 6.07) is 4.88. The normalized spacial score (nSPS) is 23.6. The van der Waals surface area contributed by atoms with Gasteiger partial charge in [0.15, 0.2) is 11.5 Å². The first-order valence-corrected chi connectivity index (χ1v) is 8.73. The topological polar surface area (TPSA) is 108 Å². The van der Waals surface area contributed by atoms with E-state index in [1.54, 1.807) is 6.07 Å². The van der Waals surface area contributed by atoms with Crippen LogP contribution in [0.25, 0.3) is 0 Å². The molecule has 2 aromatic rings. The minimum atomic E-state index is -0.285. The number of amidine groups is 1. The smallest absolute Gasteiger partial charge is 0.202 e. The van der Waals surface area contributed by atoms with Gasteiger partial charge < -0.3 is 21.2 Å². The van der Waals surface area contributed by atoms with E-state index >= 15 is 0 Å². The number of hydrogen-bond donors (Lipinski definition) is 4. The van der Waals surface area contributed by atoms with Crippen LogP contribution in [-0.2, 0) is 6.42 Å². The highest BCUT2D eigenvalue weighted by molar-refractivity contribution is 6.00. The van der Waals surface area contributed by atoms with Gasteiger partial charge in [0.25, 0.3) is 0 Å². The van der Waals surface area contributed by atoms with Crippen LogP contribution in [0.2, 0.25) is 0 Å². The van der Waals surface area contributed by atoms with E-state index in [1.807, 2.05) is 0 Å². The number of hydrogen-bond acceptors (Lipinski definition) is 7. The Morgan fingerprint density at radius 2 is 2.19 bits per heavy atom. The molecule has 1 saturated heterocycles. The molecule has 26 heavy (non-hydrogen) atoms. The molecule has 1 aromatic carbocycles. The van der Waals surface area contributed by atoms with Crippen molar-refractivity contribution in [2.45, 2.75) is 31.3 Å². The standard InChI is InChI=1S/C17H19FN6O2/c18-10-2-1-9-3-13(12(9)4-10)21-15(22-25)14-16(24-26-23-14)20-11-5-17(6-11)7-19-8-17/h1-2,4,11,13,19,25H,3,5-8H2,(H,20,24)(H,21,22)/t13-/m0/s1. The van der Waals surface area contributed by atoms with Crippen LogP contribution in [0.1, 0.15) is 35.7 Å². The molecule has 0 bridgehead atoms. The Balaban J connectivity index is 1.28. The third-order valence-electron chi connectivity index (χ3n) is 5.73.